The maximum Gasteiger partial charge on any atom is 0.416 e. The van der Waals surface area contributed by atoms with Crippen molar-refractivity contribution in [3.63, 3.8) is 0 Å². The van der Waals surface area contributed by atoms with Crippen molar-refractivity contribution in [2.45, 2.75) is 11.3 Å². The smallest absolute Gasteiger partial charge is 0.325 e. The maximum atomic E-state index is 13.3. The number of para-hydroxylation sites is 2. The van der Waals surface area contributed by atoms with Gasteiger partial charge in [-0.1, -0.05) is 48.2 Å². The van der Waals surface area contributed by atoms with Gasteiger partial charge in [-0.05, 0) is 42.5 Å². The van der Waals surface area contributed by atoms with Gasteiger partial charge in [-0.2, -0.15) is 22.7 Å². The molecule has 1 N–H and O–H groups in total. The Morgan fingerprint density at radius 3 is 2.49 bits per heavy atom. The van der Waals surface area contributed by atoms with Crippen LogP contribution in [-0.2, 0) is 11.0 Å². The molecular weight excluding hydrogens is 479 g/mol. The van der Waals surface area contributed by atoms with Gasteiger partial charge in [0.05, 0.1) is 27.9 Å². The van der Waals surface area contributed by atoms with Crippen molar-refractivity contribution < 1.29 is 18.0 Å². The van der Waals surface area contributed by atoms with E-state index in [2.05, 4.69) is 15.4 Å². The van der Waals surface area contributed by atoms with Crippen LogP contribution < -0.4 is 10.9 Å². The summed E-state index contributed by atoms with van der Waals surface area (Å²) in [5, 5.41) is 7.62. The number of carbonyl (C=O) groups is 1. The largest absolute Gasteiger partial charge is 0.416 e. The zero-order chi connectivity index (χ0) is 24.6. The van der Waals surface area contributed by atoms with Crippen LogP contribution in [0, 0.1) is 0 Å². The van der Waals surface area contributed by atoms with Gasteiger partial charge < -0.3 is 5.32 Å². The quantitative estimate of drug-likeness (QED) is 0.355. The molecule has 0 aliphatic heterocycles. The fraction of sp³-hybridized carbons (Fsp3) is 0.0833. The lowest BCUT2D eigenvalue weighted by molar-refractivity contribution is -0.137. The molecule has 0 saturated heterocycles. The summed E-state index contributed by atoms with van der Waals surface area (Å²) in [4.78, 5) is 30.1. The topological polar surface area (TPSA) is 81.3 Å². The number of amides is 1. The van der Waals surface area contributed by atoms with Crippen molar-refractivity contribution >= 4 is 40.0 Å². The lowest BCUT2D eigenvalue weighted by atomic mass is 10.2. The summed E-state index contributed by atoms with van der Waals surface area (Å²) >= 11 is 1.01. The summed E-state index contributed by atoms with van der Waals surface area (Å²) in [5.74, 6) is -0.375. The molecule has 0 bridgehead atoms. The number of nitrogens with zero attached hydrogens (tertiary/aromatic N) is 4. The third-order valence-corrected chi connectivity index (χ3v) is 5.99. The Morgan fingerprint density at radius 2 is 1.71 bits per heavy atom. The number of aromatic nitrogens is 4. The number of halogens is 3. The fourth-order valence-corrected chi connectivity index (χ4v) is 4.23. The molecule has 0 fully saturated rings. The minimum atomic E-state index is -4.51. The number of hydrogen-bond donors (Lipinski definition) is 1. The van der Waals surface area contributed by atoms with E-state index >= 15 is 0 Å². The second-order valence-electron chi connectivity index (χ2n) is 7.51. The van der Waals surface area contributed by atoms with Gasteiger partial charge in [-0.3, -0.25) is 9.59 Å². The van der Waals surface area contributed by atoms with Gasteiger partial charge in [-0.15, -0.1) is 5.10 Å². The van der Waals surface area contributed by atoms with E-state index in [1.165, 1.54) is 21.2 Å². The molecule has 2 heterocycles. The first-order valence-electron chi connectivity index (χ1n) is 10.4. The number of fused-ring (bicyclic) bond motifs is 3. The van der Waals surface area contributed by atoms with Crippen molar-refractivity contribution in [2.24, 2.45) is 0 Å². The Kier molecular flexibility index (Phi) is 5.77. The summed E-state index contributed by atoms with van der Waals surface area (Å²) in [7, 11) is 0. The number of hydrogen-bond acceptors (Lipinski definition) is 5. The molecule has 0 aliphatic rings. The van der Waals surface area contributed by atoms with Crippen molar-refractivity contribution in [1.82, 2.24) is 19.2 Å². The van der Waals surface area contributed by atoms with Crippen LogP contribution >= 0.6 is 11.8 Å². The van der Waals surface area contributed by atoms with Crippen molar-refractivity contribution in [1.29, 1.82) is 0 Å². The Bertz CT molecular complexity index is 1610. The standard InChI is InChI=1S/C24H16F3N5O2S/c25-24(26,27)15-7-6-8-16(13-15)28-20(33)14-35-22-29-23-31(17-9-2-1-3-10-17)21(34)18-11-4-5-12-19(18)32(23)30-22/h1-13H,14H2,(H,28,33). The first-order chi connectivity index (χ1) is 16.8. The second-order valence-corrected chi connectivity index (χ2v) is 8.46. The van der Waals surface area contributed by atoms with Crippen molar-refractivity contribution in [3.8, 4) is 5.69 Å². The van der Waals surface area contributed by atoms with E-state index in [9.17, 15) is 22.8 Å². The summed E-state index contributed by atoms with van der Waals surface area (Å²) in [6, 6.07) is 20.4. The predicted octanol–water partition coefficient (Wildman–Crippen LogP) is 4.78. The molecule has 2 aromatic heterocycles. The third kappa shape index (κ3) is 4.50. The first-order valence-corrected chi connectivity index (χ1v) is 11.4. The molecular formula is C24H16F3N5O2S. The van der Waals surface area contributed by atoms with Crippen LogP contribution in [0.15, 0.2) is 88.8 Å². The molecule has 0 spiro atoms. The van der Waals surface area contributed by atoms with Gasteiger partial charge in [0.1, 0.15) is 0 Å². The molecule has 11 heteroatoms. The molecule has 5 rings (SSSR count). The van der Waals surface area contributed by atoms with E-state index < -0.39 is 17.6 Å². The van der Waals surface area contributed by atoms with Crippen LogP contribution in [0.25, 0.3) is 22.4 Å². The number of thioether (sulfide) groups is 1. The Labute approximate surface area is 200 Å². The van der Waals surface area contributed by atoms with E-state index in [1.54, 1.807) is 48.5 Å². The Balaban J connectivity index is 1.45. The highest BCUT2D eigenvalue weighted by molar-refractivity contribution is 7.99. The van der Waals surface area contributed by atoms with Crippen LogP contribution in [0.4, 0.5) is 18.9 Å². The molecule has 1 amide bonds. The molecule has 7 nitrogen and oxygen atoms in total. The maximum absolute atomic E-state index is 13.3. The molecule has 3 aromatic carbocycles. The van der Waals surface area contributed by atoms with E-state index in [1.807, 2.05) is 6.07 Å². The fourth-order valence-electron chi connectivity index (χ4n) is 3.61. The Hall–Kier alpha value is -4.12. The number of anilines is 1. The van der Waals surface area contributed by atoms with Gasteiger partial charge in [0.25, 0.3) is 5.56 Å². The summed E-state index contributed by atoms with van der Waals surface area (Å²) in [6.07, 6.45) is -4.51. The highest BCUT2D eigenvalue weighted by Crippen LogP contribution is 2.30. The highest BCUT2D eigenvalue weighted by Gasteiger charge is 2.30. The van der Waals surface area contributed by atoms with E-state index in [0.29, 0.717) is 16.6 Å². The van der Waals surface area contributed by atoms with E-state index in [-0.39, 0.29) is 27.9 Å². The van der Waals surface area contributed by atoms with Crippen LogP contribution in [-0.4, -0.2) is 30.8 Å². The molecule has 0 aliphatic carbocycles. The minimum Gasteiger partial charge on any atom is -0.325 e. The number of nitrogens with one attached hydrogen (secondary N) is 1. The molecule has 0 atom stereocenters. The van der Waals surface area contributed by atoms with Crippen molar-refractivity contribution in [3.05, 3.63) is 94.8 Å². The van der Waals surface area contributed by atoms with Gasteiger partial charge in [-0.25, -0.2) is 4.57 Å². The van der Waals surface area contributed by atoms with E-state index in [4.69, 9.17) is 0 Å². The summed E-state index contributed by atoms with van der Waals surface area (Å²) in [6.45, 7) is 0. The summed E-state index contributed by atoms with van der Waals surface area (Å²) < 4.78 is 41.7. The molecule has 0 unspecified atom stereocenters. The normalized spacial score (nSPS) is 11.7. The second kappa shape index (κ2) is 8.91. The molecule has 176 valence electrons. The number of carbonyl (C=O) groups excluding carboxylic acids is 1. The van der Waals surface area contributed by atoms with Crippen LogP contribution in [0.1, 0.15) is 5.56 Å². The zero-order valence-corrected chi connectivity index (χ0v) is 18.7. The lowest BCUT2D eigenvalue weighted by Gasteiger charge is -2.09. The van der Waals surface area contributed by atoms with Crippen LogP contribution in [0.3, 0.4) is 0 Å². The zero-order valence-electron chi connectivity index (χ0n) is 17.9. The van der Waals surface area contributed by atoms with Gasteiger partial charge in [0.15, 0.2) is 0 Å². The average molecular weight is 495 g/mol. The Morgan fingerprint density at radius 1 is 0.971 bits per heavy atom. The predicted molar refractivity (Wildman–Crippen MR) is 127 cm³/mol. The minimum absolute atomic E-state index is 0.0392. The van der Waals surface area contributed by atoms with Gasteiger partial charge >= 0.3 is 6.18 Å². The number of rotatable bonds is 5. The molecule has 35 heavy (non-hydrogen) atoms. The van der Waals surface area contributed by atoms with Crippen LogP contribution in [0.2, 0.25) is 0 Å². The van der Waals surface area contributed by atoms with Gasteiger partial charge in [0.2, 0.25) is 16.8 Å². The van der Waals surface area contributed by atoms with Crippen molar-refractivity contribution in [2.75, 3.05) is 11.1 Å². The van der Waals surface area contributed by atoms with Crippen LogP contribution in [0.5, 0.6) is 0 Å². The highest BCUT2D eigenvalue weighted by atomic mass is 32.2. The number of benzene rings is 3. The summed E-state index contributed by atoms with van der Waals surface area (Å²) in [5.41, 5.74) is 0.102. The monoisotopic (exact) mass is 495 g/mol. The van der Waals surface area contributed by atoms with Gasteiger partial charge in [0, 0.05) is 5.69 Å². The lowest BCUT2D eigenvalue weighted by Crippen LogP contribution is -2.21. The molecule has 0 saturated carbocycles. The average Bonchev–Trinajstić information content (AvgIpc) is 3.27. The SMILES string of the molecule is O=C(CSc1nc2n(-c3ccccc3)c(=O)c3ccccc3n2n1)Nc1cccc(C(F)(F)F)c1. The van der Waals surface area contributed by atoms with E-state index in [0.717, 1.165) is 23.9 Å². The first kappa shape index (κ1) is 22.7. The molecule has 5 aromatic rings. The number of alkyl halides is 3. The third-order valence-electron chi connectivity index (χ3n) is 5.16. The molecule has 0 radical (unpaired) electrons.